The van der Waals surface area contributed by atoms with Crippen molar-refractivity contribution in [3.8, 4) is 45.3 Å². The molecule has 0 aliphatic carbocycles. The third-order valence-corrected chi connectivity index (χ3v) is 14.5. The van der Waals surface area contributed by atoms with E-state index in [1.165, 1.54) is 59.7 Å². The Morgan fingerprint density at radius 2 is 0.657 bits per heavy atom. The summed E-state index contributed by atoms with van der Waals surface area (Å²) in [4.78, 5) is 5.51. The summed E-state index contributed by atoms with van der Waals surface area (Å²) in [6, 6.07) is 90.4. The van der Waals surface area contributed by atoms with E-state index in [9.17, 15) is 0 Å². The molecule has 5 nitrogen and oxygen atoms in total. The summed E-state index contributed by atoms with van der Waals surface area (Å²) >= 11 is 0. The van der Waals surface area contributed by atoms with Crippen LogP contribution in [0.25, 0.3) is 132 Å². The van der Waals surface area contributed by atoms with E-state index in [1.54, 1.807) is 0 Å². The van der Waals surface area contributed by atoms with Crippen molar-refractivity contribution in [3.05, 3.63) is 249 Å². The maximum Gasteiger partial charge on any atom is 0.140 e. The number of pyridine rings is 1. The zero-order valence-corrected chi connectivity index (χ0v) is 37.9. The summed E-state index contributed by atoms with van der Waals surface area (Å²) in [7, 11) is 0. The molecule has 0 atom stereocenters. The molecule has 10 aromatic carbocycles. The Morgan fingerprint density at radius 3 is 1.26 bits per heavy atom. The lowest BCUT2D eigenvalue weighted by Gasteiger charge is -2.16. The zero-order valence-electron chi connectivity index (χ0n) is 37.9. The maximum absolute atomic E-state index is 5.51. The van der Waals surface area contributed by atoms with Gasteiger partial charge in [-0.2, -0.15) is 0 Å². The average molecular weight is 892 g/mol. The number of fused-ring (bicyclic) bond motifs is 13. The number of hydrogen-bond acceptors (Lipinski definition) is 1. The van der Waals surface area contributed by atoms with Crippen LogP contribution in [-0.2, 0) is 0 Å². The lowest BCUT2D eigenvalue weighted by atomic mass is 10.0. The molecular formula is C65H41N5. The molecule has 0 bridgehead atoms. The van der Waals surface area contributed by atoms with E-state index >= 15 is 0 Å². The molecule has 0 unspecified atom stereocenters. The van der Waals surface area contributed by atoms with E-state index in [0.717, 1.165) is 72.8 Å². The second kappa shape index (κ2) is 15.0. The van der Waals surface area contributed by atoms with Crippen molar-refractivity contribution in [3.63, 3.8) is 0 Å². The van der Waals surface area contributed by atoms with Crippen LogP contribution < -0.4 is 0 Å². The molecule has 15 aromatic rings. The Kier molecular flexibility index (Phi) is 8.29. The molecule has 0 radical (unpaired) electrons. The molecule has 15 rings (SSSR count). The number of benzene rings is 10. The van der Waals surface area contributed by atoms with Crippen LogP contribution in [0.3, 0.4) is 0 Å². The Labute approximate surface area is 402 Å². The minimum atomic E-state index is 0.865. The summed E-state index contributed by atoms with van der Waals surface area (Å²) in [6.45, 7) is 0. The van der Waals surface area contributed by atoms with E-state index in [2.05, 4.69) is 267 Å². The van der Waals surface area contributed by atoms with Crippen LogP contribution in [0.5, 0.6) is 0 Å². The summed E-state index contributed by atoms with van der Waals surface area (Å²) in [5.74, 6) is 0.865. The Morgan fingerprint density at radius 1 is 0.229 bits per heavy atom. The van der Waals surface area contributed by atoms with Crippen molar-refractivity contribution in [2.75, 3.05) is 0 Å². The monoisotopic (exact) mass is 891 g/mol. The van der Waals surface area contributed by atoms with Gasteiger partial charge in [0.15, 0.2) is 0 Å². The average Bonchev–Trinajstić information content (AvgIpc) is 4.16. The van der Waals surface area contributed by atoms with E-state index in [4.69, 9.17) is 4.98 Å². The second-order valence-electron chi connectivity index (χ2n) is 18.3. The zero-order chi connectivity index (χ0) is 45.9. The Bertz CT molecular complexity index is 4530. The number of para-hydroxylation sites is 6. The van der Waals surface area contributed by atoms with Crippen LogP contribution in [-0.4, -0.2) is 23.3 Å². The molecule has 0 aliphatic heterocycles. The lowest BCUT2D eigenvalue weighted by molar-refractivity contribution is 1.06. The van der Waals surface area contributed by atoms with Crippen LogP contribution in [0.4, 0.5) is 0 Å². The highest BCUT2D eigenvalue weighted by Gasteiger charge is 2.24. The van der Waals surface area contributed by atoms with Crippen molar-refractivity contribution in [2.45, 2.75) is 0 Å². The van der Waals surface area contributed by atoms with Crippen LogP contribution in [0.15, 0.2) is 249 Å². The first kappa shape index (κ1) is 38.6. The van der Waals surface area contributed by atoms with Gasteiger partial charge in [0.1, 0.15) is 5.82 Å². The third kappa shape index (κ3) is 5.63. The molecular weight excluding hydrogens is 851 g/mol. The second-order valence-corrected chi connectivity index (χ2v) is 18.3. The molecule has 5 heterocycles. The van der Waals surface area contributed by atoms with E-state index in [1.807, 2.05) is 0 Å². The summed E-state index contributed by atoms with van der Waals surface area (Å²) in [5, 5.41) is 9.69. The van der Waals surface area contributed by atoms with Crippen molar-refractivity contribution >= 4 is 87.2 Å². The fourth-order valence-electron chi connectivity index (χ4n) is 11.5. The molecule has 0 aliphatic rings. The molecule has 5 heteroatoms. The molecule has 326 valence electrons. The van der Waals surface area contributed by atoms with E-state index in [0.29, 0.717) is 0 Å². The number of hydrogen-bond donors (Lipinski definition) is 0. The van der Waals surface area contributed by atoms with Gasteiger partial charge in [-0.1, -0.05) is 170 Å². The SMILES string of the molecule is c1ccc(-c2cc(-n3c4ccccc4c4ccc5c6ccccc6n(-c6cccc(-c7ccc8c(c7)c7ccccc7n8-c7ccccc7)c6)c5c43)cc(-n3c4ccccc4c4ccccc43)n2)cc1. The van der Waals surface area contributed by atoms with Gasteiger partial charge < -0.3 is 13.7 Å². The standard InChI is InChI=1S/C65H41N5/c1-3-18-42(19-4-1)56-40-47(41-63(66-56)70-60-32-15-7-24-48(60)49-25-8-16-33-61(49)70)69-59-31-14-10-27-51(59)54-36-35-53-50-26-9-13-30-58(50)68(64(53)65(54)69)46-23-17-20-43(38-46)44-34-37-62-55(39-44)52-28-11-12-29-57(52)67(62)45-21-5-2-6-22-45/h1-41H. The predicted molar refractivity (Wildman–Crippen MR) is 292 cm³/mol. The molecule has 0 saturated carbocycles. The molecule has 0 saturated heterocycles. The van der Waals surface area contributed by atoms with E-state index in [-0.39, 0.29) is 0 Å². The first-order valence-corrected chi connectivity index (χ1v) is 24.0. The maximum atomic E-state index is 5.51. The molecule has 0 N–H and O–H groups in total. The molecule has 70 heavy (non-hydrogen) atoms. The van der Waals surface area contributed by atoms with Crippen LogP contribution in [0.2, 0.25) is 0 Å². The van der Waals surface area contributed by atoms with Gasteiger partial charge in [0, 0.05) is 66.1 Å². The summed E-state index contributed by atoms with van der Waals surface area (Å²) in [5.41, 5.74) is 16.8. The molecule has 0 amide bonds. The van der Waals surface area contributed by atoms with Gasteiger partial charge in [-0.05, 0) is 83.9 Å². The van der Waals surface area contributed by atoms with Crippen LogP contribution in [0.1, 0.15) is 0 Å². The van der Waals surface area contributed by atoms with Gasteiger partial charge in [-0.25, -0.2) is 4.98 Å². The largest absolute Gasteiger partial charge is 0.309 e. The highest BCUT2D eigenvalue weighted by molar-refractivity contribution is 6.24. The molecule has 0 fully saturated rings. The minimum Gasteiger partial charge on any atom is -0.309 e. The van der Waals surface area contributed by atoms with Crippen molar-refractivity contribution < 1.29 is 0 Å². The van der Waals surface area contributed by atoms with Crippen molar-refractivity contribution in [1.29, 1.82) is 0 Å². The van der Waals surface area contributed by atoms with E-state index < -0.39 is 0 Å². The number of rotatable bonds is 6. The minimum absolute atomic E-state index is 0.865. The first-order valence-electron chi connectivity index (χ1n) is 24.0. The van der Waals surface area contributed by atoms with Gasteiger partial charge in [0.2, 0.25) is 0 Å². The predicted octanol–water partition coefficient (Wildman–Crippen LogP) is 16.8. The van der Waals surface area contributed by atoms with Gasteiger partial charge in [-0.15, -0.1) is 0 Å². The Hall–Kier alpha value is -9.45. The van der Waals surface area contributed by atoms with Gasteiger partial charge >= 0.3 is 0 Å². The summed E-state index contributed by atoms with van der Waals surface area (Å²) in [6.07, 6.45) is 0. The normalized spacial score (nSPS) is 12.0. The first-order chi connectivity index (χ1) is 34.7. The highest BCUT2D eigenvalue weighted by Crippen LogP contribution is 2.44. The number of nitrogens with zero attached hydrogens (tertiary/aromatic N) is 5. The Balaban J connectivity index is 1.00. The third-order valence-electron chi connectivity index (χ3n) is 14.5. The lowest BCUT2D eigenvalue weighted by Crippen LogP contribution is -2.04. The molecule has 5 aromatic heterocycles. The van der Waals surface area contributed by atoms with Crippen LogP contribution in [0, 0.1) is 0 Å². The topological polar surface area (TPSA) is 32.6 Å². The fraction of sp³-hybridized carbons (Fsp3) is 0. The van der Waals surface area contributed by atoms with Crippen LogP contribution >= 0.6 is 0 Å². The quantitative estimate of drug-likeness (QED) is 0.164. The summed E-state index contributed by atoms with van der Waals surface area (Å²) < 4.78 is 9.71. The molecule has 0 spiro atoms. The number of aromatic nitrogens is 5. The van der Waals surface area contributed by atoms with Crippen molar-refractivity contribution in [2.24, 2.45) is 0 Å². The van der Waals surface area contributed by atoms with Gasteiger partial charge in [-0.3, -0.25) is 4.57 Å². The fourth-order valence-corrected chi connectivity index (χ4v) is 11.5. The van der Waals surface area contributed by atoms with Crippen molar-refractivity contribution in [1.82, 2.24) is 23.3 Å². The smallest absolute Gasteiger partial charge is 0.140 e. The highest BCUT2D eigenvalue weighted by atomic mass is 15.1. The van der Waals surface area contributed by atoms with Gasteiger partial charge in [0.05, 0.1) is 55.5 Å². The van der Waals surface area contributed by atoms with Gasteiger partial charge in [0.25, 0.3) is 0 Å².